The molecular weight excluding hydrogens is 199 g/mol. The molecule has 0 N–H and O–H groups in total. The summed E-state index contributed by atoms with van der Waals surface area (Å²) in [6.07, 6.45) is -0.502. The summed E-state index contributed by atoms with van der Waals surface area (Å²) < 4.78 is 17.6. The standard InChI is InChI=1S/C10H7FN2O2/c11-8-1-2-9(7(5-8)6-12)13-3-4-15-10(13)14/h1-2,5H,3-4H2. The molecule has 76 valence electrons. The summed E-state index contributed by atoms with van der Waals surface area (Å²) >= 11 is 0. The van der Waals surface area contributed by atoms with Crippen molar-refractivity contribution in [3.05, 3.63) is 29.6 Å². The van der Waals surface area contributed by atoms with Gasteiger partial charge in [-0.25, -0.2) is 9.18 Å². The van der Waals surface area contributed by atoms with Gasteiger partial charge in [-0.15, -0.1) is 0 Å². The summed E-state index contributed by atoms with van der Waals surface area (Å²) in [6.45, 7) is 0.681. The molecule has 15 heavy (non-hydrogen) atoms. The van der Waals surface area contributed by atoms with Gasteiger partial charge in [-0.2, -0.15) is 5.26 Å². The number of hydrogen-bond donors (Lipinski definition) is 0. The fourth-order valence-corrected chi connectivity index (χ4v) is 1.45. The van der Waals surface area contributed by atoms with Crippen molar-refractivity contribution in [1.82, 2.24) is 0 Å². The van der Waals surface area contributed by atoms with E-state index in [-0.39, 0.29) is 5.56 Å². The summed E-state index contributed by atoms with van der Waals surface area (Å²) in [6, 6.07) is 5.56. The molecule has 0 unspecified atom stereocenters. The maximum atomic E-state index is 12.8. The van der Waals surface area contributed by atoms with Gasteiger partial charge in [0.1, 0.15) is 18.5 Å². The molecule has 0 bridgehead atoms. The number of cyclic esters (lactones) is 1. The molecule has 1 aliphatic rings. The lowest BCUT2D eigenvalue weighted by Gasteiger charge is -2.13. The van der Waals surface area contributed by atoms with Gasteiger partial charge in [-0.1, -0.05) is 0 Å². The van der Waals surface area contributed by atoms with Crippen LogP contribution in [-0.2, 0) is 4.74 Å². The molecular formula is C10H7FN2O2. The van der Waals surface area contributed by atoms with Crippen LogP contribution in [-0.4, -0.2) is 19.2 Å². The smallest absolute Gasteiger partial charge is 0.414 e. The fourth-order valence-electron chi connectivity index (χ4n) is 1.45. The van der Waals surface area contributed by atoms with Crippen molar-refractivity contribution in [3.63, 3.8) is 0 Å². The van der Waals surface area contributed by atoms with Crippen molar-refractivity contribution < 1.29 is 13.9 Å². The lowest BCUT2D eigenvalue weighted by atomic mass is 10.2. The van der Waals surface area contributed by atoms with Gasteiger partial charge in [0, 0.05) is 0 Å². The molecule has 1 aromatic carbocycles. The molecule has 0 spiro atoms. The molecule has 1 fully saturated rings. The molecule has 0 aromatic heterocycles. The normalized spacial score (nSPS) is 14.9. The van der Waals surface area contributed by atoms with E-state index < -0.39 is 11.9 Å². The highest BCUT2D eigenvalue weighted by atomic mass is 19.1. The fraction of sp³-hybridized carbons (Fsp3) is 0.200. The largest absolute Gasteiger partial charge is 0.447 e. The number of amides is 1. The Labute approximate surface area is 85.5 Å². The number of hydrogen-bond acceptors (Lipinski definition) is 3. The van der Waals surface area contributed by atoms with Crippen LogP contribution in [0.3, 0.4) is 0 Å². The van der Waals surface area contributed by atoms with Gasteiger partial charge >= 0.3 is 6.09 Å². The maximum Gasteiger partial charge on any atom is 0.414 e. The summed E-state index contributed by atoms with van der Waals surface area (Å²) in [5.41, 5.74) is 0.523. The second-order valence-corrected chi connectivity index (χ2v) is 3.04. The number of anilines is 1. The number of carbonyl (C=O) groups excluding carboxylic acids is 1. The average Bonchev–Trinajstić information content (AvgIpc) is 2.64. The Kier molecular flexibility index (Phi) is 2.26. The Bertz CT molecular complexity index is 453. The lowest BCUT2D eigenvalue weighted by Crippen LogP contribution is -2.24. The number of nitriles is 1. The Morgan fingerprint density at radius 2 is 2.33 bits per heavy atom. The number of benzene rings is 1. The first kappa shape index (κ1) is 9.46. The highest BCUT2D eigenvalue weighted by Gasteiger charge is 2.25. The molecule has 5 heteroatoms. The van der Waals surface area contributed by atoms with E-state index in [2.05, 4.69) is 0 Å². The van der Waals surface area contributed by atoms with Crippen LogP contribution in [0.25, 0.3) is 0 Å². The van der Waals surface area contributed by atoms with Crippen molar-refractivity contribution in [2.45, 2.75) is 0 Å². The van der Waals surface area contributed by atoms with Crippen molar-refractivity contribution in [1.29, 1.82) is 5.26 Å². The van der Waals surface area contributed by atoms with E-state index in [9.17, 15) is 9.18 Å². The van der Waals surface area contributed by atoms with Crippen LogP contribution in [0.15, 0.2) is 18.2 Å². The minimum absolute atomic E-state index is 0.133. The minimum Gasteiger partial charge on any atom is -0.447 e. The van der Waals surface area contributed by atoms with Crippen LogP contribution in [0.4, 0.5) is 14.9 Å². The topological polar surface area (TPSA) is 53.3 Å². The molecule has 0 atom stereocenters. The Morgan fingerprint density at radius 3 is 2.93 bits per heavy atom. The number of rotatable bonds is 1. The monoisotopic (exact) mass is 206 g/mol. The summed E-state index contributed by atoms with van der Waals surface area (Å²) in [4.78, 5) is 12.5. The third kappa shape index (κ3) is 1.62. The zero-order valence-electron chi connectivity index (χ0n) is 7.74. The highest BCUT2D eigenvalue weighted by Crippen LogP contribution is 2.23. The number of ether oxygens (including phenoxy) is 1. The minimum atomic E-state index is -0.502. The molecule has 2 rings (SSSR count). The van der Waals surface area contributed by atoms with Gasteiger partial charge in [-0.05, 0) is 18.2 Å². The molecule has 4 nitrogen and oxygen atoms in total. The molecule has 1 aromatic rings. The van der Waals surface area contributed by atoms with Gasteiger partial charge in [0.15, 0.2) is 0 Å². The van der Waals surface area contributed by atoms with Crippen LogP contribution < -0.4 is 4.90 Å². The van der Waals surface area contributed by atoms with Crippen LogP contribution in [0.2, 0.25) is 0 Å². The van der Waals surface area contributed by atoms with E-state index in [4.69, 9.17) is 10.00 Å². The van der Waals surface area contributed by atoms with Crippen LogP contribution >= 0.6 is 0 Å². The predicted octanol–water partition coefficient (Wildman–Crippen LogP) is 1.65. The van der Waals surface area contributed by atoms with Crippen molar-refractivity contribution in [3.8, 4) is 6.07 Å². The SMILES string of the molecule is N#Cc1cc(F)ccc1N1CCOC1=O. The van der Waals surface area contributed by atoms with E-state index in [1.165, 1.54) is 17.0 Å². The van der Waals surface area contributed by atoms with Gasteiger partial charge in [0.05, 0.1) is 17.8 Å². The van der Waals surface area contributed by atoms with Crippen molar-refractivity contribution in [2.24, 2.45) is 0 Å². The second-order valence-electron chi connectivity index (χ2n) is 3.04. The zero-order valence-corrected chi connectivity index (χ0v) is 7.74. The number of carbonyl (C=O) groups is 1. The number of nitrogens with zero attached hydrogens (tertiary/aromatic N) is 2. The summed E-state index contributed by atoms with van der Waals surface area (Å²) in [7, 11) is 0. The van der Waals surface area contributed by atoms with E-state index in [1.807, 2.05) is 6.07 Å². The molecule has 1 aliphatic heterocycles. The van der Waals surface area contributed by atoms with Gasteiger partial charge in [-0.3, -0.25) is 4.90 Å². The predicted molar refractivity (Wildman–Crippen MR) is 49.8 cm³/mol. The van der Waals surface area contributed by atoms with Gasteiger partial charge in [0.2, 0.25) is 0 Å². The quantitative estimate of drug-likeness (QED) is 0.702. The third-order valence-electron chi connectivity index (χ3n) is 2.13. The van der Waals surface area contributed by atoms with Crippen LogP contribution in [0, 0.1) is 17.1 Å². The van der Waals surface area contributed by atoms with Crippen molar-refractivity contribution in [2.75, 3.05) is 18.1 Å². The zero-order chi connectivity index (χ0) is 10.8. The van der Waals surface area contributed by atoms with Crippen LogP contribution in [0.5, 0.6) is 0 Å². The second kappa shape index (κ2) is 3.58. The number of halogens is 1. The van der Waals surface area contributed by atoms with E-state index in [0.29, 0.717) is 18.8 Å². The molecule has 0 saturated carbocycles. The van der Waals surface area contributed by atoms with E-state index in [1.54, 1.807) is 0 Å². The van der Waals surface area contributed by atoms with Crippen molar-refractivity contribution >= 4 is 11.8 Å². The first-order valence-electron chi connectivity index (χ1n) is 4.36. The van der Waals surface area contributed by atoms with Gasteiger partial charge < -0.3 is 4.74 Å². The van der Waals surface area contributed by atoms with E-state index >= 15 is 0 Å². The highest BCUT2D eigenvalue weighted by molar-refractivity contribution is 5.90. The Morgan fingerprint density at radius 1 is 1.53 bits per heavy atom. The first-order valence-corrected chi connectivity index (χ1v) is 4.36. The average molecular weight is 206 g/mol. The molecule has 1 heterocycles. The third-order valence-corrected chi connectivity index (χ3v) is 2.13. The summed E-state index contributed by atoms with van der Waals surface area (Å²) in [5.74, 6) is -0.497. The Hall–Kier alpha value is -2.09. The first-order chi connectivity index (χ1) is 7.22. The van der Waals surface area contributed by atoms with Crippen LogP contribution in [0.1, 0.15) is 5.56 Å². The summed E-state index contributed by atoms with van der Waals surface area (Å²) in [5, 5.41) is 8.79. The van der Waals surface area contributed by atoms with E-state index in [0.717, 1.165) is 6.07 Å². The van der Waals surface area contributed by atoms with Gasteiger partial charge in [0.25, 0.3) is 0 Å². The molecule has 1 saturated heterocycles. The maximum absolute atomic E-state index is 12.8. The molecule has 0 aliphatic carbocycles. The lowest BCUT2D eigenvalue weighted by molar-refractivity contribution is 0.181. The molecule has 0 radical (unpaired) electrons. The molecule has 1 amide bonds. The Balaban J connectivity index is 2.44.